The zero-order valence-electron chi connectivity index (χ0n) is 7.71. The Balaban J connectivity index is 2.62. The number of aromatic amines is 1. The van der Waals surface area contributed by atoms with Gasteiger partial charge in [-0.25, -0.2) is 0 Å². The van der Waals surface area contributed by atoms with Crippen LogP contribution in [0.2, 0.25) is 5.15 Å². The van der Waals surface area contributed by atoms with Gasteiger partial charge in [0.15, 0.2) is 0 Å². The summed E-state index contributed by atoms with van der Waals surface area (Å²) in [6.07, 6.45) is 1.71. The number of aromatic nitrogens is 1. The fraction of sp³-hybridized carbons (Fsp3) is 0.100. The molecule has 0 fully saturated rings. The van der Waals surface area contributed by atoms with E-state index in [1.165, 1.54) is 0 Å². The number of H-pyrrole nitrogens is 1. The maximum absolute atomic E-state index is 6.03. The average Bonchev–Trinajstić information content (AvgIpc) is 2.51. The van der Waals surface area contributed by atoms with Gasteiger partial charge in [0.1, 0.15) is 5.15 Å². The van der Waals surface area contributed by atoms with Crippen molar-refractivity contribution < 1.29 is 0 Å². The molecule has 0 saturated heterocycles. The minimum atomic E-state index is 0.616. The summed E-state index contributed by atoms with van der Waals surface area (Å²) < 4.78 is 0. The Labute approximate surface area is 86.8 Å². The first-order valence-corrected chi connectivity index (χ1v) is 4.66. The van der Waals surface area contributed by atoms with E-state index in [2.05, 4.69) is 15.5 Å². The van der Waals surface area contributed by atoms with Crippen LogP contribution in [0.5, 0.6) is 0 Å². The van der Waals surface area contributed by atoms with E-state index in [1.807, 2.05) is 24.3 Å². The van der Waals surface area contributed by atoms with Crippen molar-refractivity contribution in [1.82, 2.24) is 10.4 Å². The van der Waals surface area contributed by atoms with E-state index in [0.29, 0.717) is 5.15 Å². The molecular weight excluding hydrogens is 198 g/mol. The van der Waals surface area contributed by atoms with Crippen LogP contribution >= 0.6 is 11.6 Å². The van der Waals surface area contributed by atoms with Gasteiger partial charge in [0.25, 0.3) is 0 Å². The predicted molar refractivity (Wildman–Crippen MR) is 60.0 cm³/mol. The molecule has 0 amide bonds. The third kappa shape index (κ3) is 1.46. The zero-order valence-corrected chi connectivity index (χ0v) is 8.47. The van der Waals surface area contributed by atoms with Crippen LogP contribution in [-0.4, -0.2) is 18.2 Å². The second kappa shape index (κ2) is 3.72. The first-order chi connectivity index (χ1) is 6.83. The van der Waals surface area contributed by atoms with Crippen molar-refractivity contribution in [3.05, 3.63) is 35.0 Å². The lowest BCUT2D eigenvalue weighted by Gasteiger charge is -1.90. The molecule has 0 aliphatic rings. The topological polar surface area (TPSA) is 40.2 Å². The van der Waals surface area contributed by atoms with Crippen LogP contribution in [0.15, 0.2) is 29.4 Å². The van der Waals surface area contributed by atoms with Gasteiger partial charge in [0.2, 0.25) is 0 Å². The van der Waals surface area contributed by atoms with Gasteiger partial charge in [-0.3, -0.25) is 0 Å². The largest absolute Gasteiger partial charge is 0.345 e. The number of halogens is 1. The number of nitrogens with zero attached hydrogens (tertiary/aromatic N) is 1. The average molecular weight is 208 g/mol. The molecule has 0 atom stereocenters. The molecule has 3 nitrogen and oxygen atoms in total. The highest BCUT2D eigenvalue weighted by molar-refractivity contribution is 6.34. The molecule has 2 rings (SSSR count). The highest BCUT2D eigenvalue weighted by Gasteiger charge is 2.06. The standard InChI is InChI=1S/C10H10ClN3/c1-12-13-6-8-7-4-2-3-5-9(7)14-10(8)11/h2-6,12,14H,1H3/b13-6+. The minimum Gasteiger partial charge on any atom is -0.345 e. The van der Waals surface area contributed by atoms with E-state index in [4.69, 9.17) is 11.6 Å². The van der Waals surface area contributed by atoms with Gasteiger partial charge >= 0.3 is 0 Å². The molecule has 0 saturated carbocycles. The van der Waals surface area contributed by atoms with E-state index < -0.39 is 0 Å². The summed E-state index contributed by atoms with van der Waals surface area (Å²) in [4.78, 5) is 3.08. The van der Waals surface area contributed by atoms with E-state index in [-0.39, 0.29) is 0 Å². The number of hydrogen-bond acceptors (Lipinski definition) is 2. The molecule has 0 aliphatic heterocycles. The lowest BCUT2D eigenvalue weighted by atomic mass is 10.2. The number of rotatable bonds is 2. The van der Waals surface area contributed by atoms with Crippen molar-refractivity contribution in [2.75, 3.05) is 7.05 Å². The Morgan fingerprint density at radius 3 is 3.00 bits per heavy atom. The van der Waals surface area contributed by atoms with Crippen LogP contribution in [0.1, 0.15) is 5.56 Å². The van der Waals surface area contributed by atoms with Gasteiger partial charge in [-0.1, -0.05) is 29.8 Å². The molecule has 1 aromatic carbocycles. The molecule has 0 bridgehead atoms. The van der Waals surface area contributed by atoms with E-state index in [0.717, 1.165) is 16.5 Å². The van der Waals surface area contributed by atoms with Crippen molar-refractivity contribution in [3.8, 4) is 0 Å². The quantitative estimate of drug-likeness (QED) is 0.576. The van der Waals surface area contributed by atoms with Crippen LogP contribution in [0.3, 0.4) is 0 Å². The Morgan fingerprint density at radius 2 is 2.21 bits per heavy atom. The summed E-state index contributed by atoms with van der Waals surface area (Å²) >= 11 is 6.03. The predicted octanol–water partition coefficient (Wildman–Crippen LogP) is 2.37. The van der Waals surface area contributed by atoms with Gasteiger partial charge in [-0.05, 0) is 6.07 Å². The molecule has 72 valence electrons. The molecule has 0 unspecified atom stereocenters. The van der Waals surface area contributed by atoms with Gasteiger partial charge in [0, 0.05) is 23.5 Å². The fourth-order valence-corrected chi connectivity index (χ4v) is 1.64. The van der Waals surface area contributed by atoms with Crippen LogP contribution < -0.4 is 5.43 Å². The number of nitrogens with one attached hydrogen (secondary N) is 2. The Bertz CT molecular complexity index is 473. The molecule has 0 aliphatic carbocycles. The van der Waals surface area contributed by atoms with Crippen molar-refractivity contribution in [1.29, 1.82) is 0 Å². The molecule has 0 radical (unpaired) electrons. The second-order valence-electron chi connectivity index (χ2n) is 2.88. The second-order valence-corrected chi connectivity index (χ2v) is 3.26. The summed E-state index contributed by atoms with van der Waals surface area (Å²) in [5.41, 5.74) is 4.63. The third-order valence-electron chi connectivity index (χ3n) is 2.02. The summed E-state index contributed by atoms with van der Waals surface area (Å²) in [6, 6.07) is 7.93. The molecule has 1 heterocycles. The molecule has 0 spiro atoms. The smallest absolute Gasteiger partial charge is 0.116 e. The van der Waals surface area contributed by atoms with Crippen molar-refractivity contribution in [3.63, 3.8) is 0 Å². The molecule has 4 heteroatoms. The lowest BCUT2D eigenvalue weighted by Crippen LogP contribution is -1.94. The van der Waals surface area contributed by atoms with Crippen LogP contribution in [0.25, 0.3) is 10.9 Å². The lowest BCUT2D eigenvalue weighted by molar-refractivity contribution is 0.908. The minimum absolute atomic E-state index is 0.616. The maximum atomic E-state index is 6.03. The monoisotopic (exact) mass is 207 g/mol. The molecule has 2 aromatic rings. The zero-order chi connectivity index (χ0) is 9.97. The third-order valence-corrected chi connectivity index (χ3v) is 2.32. The number of fused-ring (bicyclic) bond motifs is 1. The number of hydrazone groups is 1. The van der Waals surface area contributed by atoms with Gasteiger partial charge < -0.3 is 10.4 Å². The summed E-state index contributed by atoms with van der Waals surface area (Å²) in [5.74, 6) is 0. The first-order valence-electron chi connectivity index (χ1n) is 4.29. The molecular formula is C10H10ClN3. The van der Waals surface area contributed by atoms with E-state index in [1.54, 1.807) is 13.3 Å². The Kier molecular flexibility index (Phi) is 2.41. The number of benzene rings is 1. The van der Waals surface area contributed by atoms with Crippen molar-refractivity contribution in [2.24, 2.45) is 5.10 Å². The number of para-hydroxylation sites is 1. The fourth-order valence-electron chi connectivity index (χ4n) is 1.39. The van der Waals surface area contributed by atoms with Gasteiger partial charge in [-0.2, -0.15) is 5.10 Å². The summed E-state index contributed by atoms with van der Waals surface area (Å²) in [6.45, 7) is 0. The van der Waals surface area contributed by atoms with Crippen LogP contribution in [0, 0.1) is 0 Å². The van der Waals surface area contributed by atoms with E-state index >= 15 is 0 Å². The normalized spacial score (nSPS) is 11.3. The summed E-state index contributed by atoms with van der Waals surface area (Å²) in [7, 11) is 1.75. The number of hydrogen-bond donors (Lipinski definition) is 2. The Hall–Kier alpha value is -1.48. The first kappa shape index (κ1) is 9.09. The SMILES string of the molecule is CN/N=C/c1c(Cl)[nH]c2ccccc12. The molecule has 2 N–H and O–H groups in total. The van der Waals surface area contributed by atoms with Gasteiger partial charge in [0.05, 0.1) is 6.21 Å². The van der Waals surface area contributed by atoms with Crippen molar-refractivity contribution in [2.45, 2.75) is 0 Å². The highest BCUT2D eigenvalue weighted by Crippen LogP contribution is 2.23. The maximum Gasteiger partial charge on any atom is 0.116 e. The van der Waals surface area contributed by atoms with Crippen LogP contribution in [-0.2, 0) is 0 Å². The molecule has 1 aromatic heterocycles. The summed E-state index contributed by atoms with van der Waals surface area (Å²) in [5, 5.41) is 5.64. The molecule has 14 heavy (non-hydrogen) atoms. The van der Waals surface area contributed by atoms with E-state index in [9.17, 15) is 0 Å². The Morgan fingerprint density at radius 1 is 1.43 bits per heavy atom. The van der Waals surface area contributed by atoms with Crippen LogP contribution in [0.4, 0.5) is 0 Å². The van der Waals surface area contributed by atoms with Crippen molar-refractivity contribution >= 4 is 28.7 Å². The highest BCUT2D eigenvalue weighted by atomic mass is 35.5. The van der Waals surface area contributed by atoms with Gasteiger partial charge in [-0.15, -0.1) is 0 Å².